The molecule has 2 nitrogen and oxygen atoms in total. The molecule has 0 unspecified atom stereocenters. The monoisotopic (exact) mass is 236 g/mol. The molecule has 1 aromatic heterocycles. The van der Waals surface area contributed by atoms with E-state index in [2.05, 4.69) is 33.6 Å². The van der Waals surface area contributed by atoms with Gasteiger partial charge < -0.3 is 0 Å². The van der Waals surface area contributed by atoms with Crippen molar-refractivity contribution in [1.29, 1.82) is 0 Å². The highest BCUT2D eigenvalue weighted by Crippen LogP contribution is 2.34. The van der Waals surface area contributed by atoms with E-state index in [9.17, 15) is 0 Å². The maximum absolute atomic E-state index is 5.74. The summed E-state index contributed by atoms with van der Waals surface area (Å²) < 4.78 is 4.02. The van der Waals surface area contributed by atoms with Crippen molar-refractivity contribution in [2.45, 2.75) is 18.8 Å². The lowest BCUT2D eigenvalue weighted by molar-refractivity contribution is 0.734. The Labute approximate surface area is 97.1 Å². The third kappa shape index (κ3) is 1.66. The molecule has 0 spiro atoms. The molecular formula is C11H9ClN2S. The Morgan fingerprint density at radius 1 is 1.20 bits per heavy atom. The highest BCUT2D eigenvalue weighted by Gasteiger charge is 2.25. The van der Waals surface area contributed by atoms with Gasteiger partial charge in [-0.1, -0.05) is 24.3 Å². The molecular weight excluding hydrogens is 228 g/mol. The fourth-order valence-corrected chi connectivity index (χ4v) is 3.01. The predicted molar refractivity (Wildman–Crippen MR) is 61.5 cm³/mol. The lowest BCUT2D eigenvalue weighted by Gasteiger charge is -2.01. The molecule has 0 fully saturated rings. The number of nitrogens with zero attached hydrogens (tertiary/aromatic N) is 2. The Kier molecular flexibility index (Phi) is 2.22. The van der Waals surface area contributed by atoms with E-state index in [0.717, 1.165) is 17.8 Å². The van der Waals surface area contributed by atoms with Crippen molar-refractivity contribution in [3.05, 3.63) is 45.7 Å². The second-order valence-electron chi connectivity index (χ2n) is 3.78. The molecule has 0 saturated carbocycles. The molecule has 0 atom stereocenters. The minimum Gasteiger partial charge on any atom is -0.209 e. The molecule has 0 bridgehead atoms. The molecule has 15 heavy (non-hydrogen) atoms. The van der Waals surface area contributed by atoms with E-state index in [0.29, 0.717) is 11.2 Å². The fourth-order valence-electron chi connectivity index (χ4n) is 2.12. The highest BCUT2D eigenvalue weighted by atomic mass is 35.5. The van der Waals surface area contributed by atoms with E-state index in [4.69, 9.17) is 11.6 Å². The van der Waals surface area contributed by atoms with Crippen molar-refractivity contribution in [2.75, 3.05) is 0 Å². The zero-order valence-electron chi connectivity index (χ0n) is 7.98. The van der Waals surface area contributed by atoms with Crippen LogP contribution in [0.2, 0.25) is 5.28 Å². The molecule has 1 aromatic carbocycles. The first kappa shape index (κ1) is 9.31. The van der Waals surface area contributed by atoms with E-state index in [-0.39, 0.29) is 0 Å². The van der Waals surface area contributed by atoms with Crippen LogP contribution < -0.4 is 0 Å². The van der Waals surface area contributed by atoms with Gasteiger partial charge >= 0.3 is 0 Å². The van der Waals surface area contributed by atoms with Crippen molar-refractivity contribution in [3.63, 3.8) is 0 Å². The standard InChI is InChI=1S/C11H9ClN2S/c12-11-13-10(15-14-11)9-5-7-3-1-2-4-8(7)6-9/h1-4,9H,5-6H2. The van der Waals surface area contributed by atoms with Gasteiger partial charge in [-0.15, -0.1) is 0 Å². The van der Waals surface area contributed by atoms with Crippen molar-refractivity contribution < 1.29 is 0 Å². The molecule has 76 valence electrons. The maximum atomic E-state index is 5.74. The number of hydrogen-bond acceptors (Lipinski definition) is 3. The first-order valence-electron chi connectivity index (χ1n) is 4.89. The maximum Gasteiger partial charge on any atom is 0.234 e. The summed E-state index contributed by atoms with van der Waals surface area (Å²) in [6.07, 6.45) is 2.14. The van der Waals surface area contributed by atoms with Gasteiger partial charge in [-0.05, 0) is 47.1 Å². The van der Waals surface area contributed by atoms with Gasteiger partial charge in [0.1, 0.15) is 5.01 Å². The van der Waals surface area contributed by atoms with Crippen LogP contribution in [0.5, 0.6) is 0 Å². The van der Waals surface area contributed by atoms with Crippen LogP contribution >= 0.6 is 23.1 Å². The largest absolute Gasteiger partial charge is 0.234 e. The third-order valence-corrected chi connectivity index (χ3v) is 3.96. The van der Waals surface area contributed by atoms with Gasteiger partial charge in [0.2, 0.25) is 5.28 Å². The van der Waals surface area contributed by atoms with Crippen LogP contribution in [0, 0.1) is 0 Å². The highest BCUT2D eigenvalue weighted by molar-refractivity contribution is 7.05. The van der Waals surface area contributed by atoms with Gasteiger partial charge in [0.15, 0.2) is 0 Å². The van der Waals surface area contributed by atoms with Crippen LogP contribution in [-0.2, 0) is 12.8 Å². The minimum atomic E-state index is 0.381. The van der Waals surface area contributed by atoms with Gasteiger partial charge in [-0.3, -0.25) is 0 Å². The quantitative estimate of drug-likeness (QED) is 0.761. The molecule has 0 N–H and O–H groups in total. The fraction of sp³-hybridized carbons (Fsp3) is 0.273. The summed E-state index contributed by atoms with van der Waals surface area (Å²) >= 11 is 7.16. The lowest BCUT2D eigenvalue weighted by atomic mass is 10.1. The molecule has 4 heteroatoms. The summed E-state index contributed by atoms with van der Waals surface area (Å²) in [5.41, 5.74) is 2.88. The summed E-state index contributed by atoms with van der Waals surface area (Å²) in [7, 11) is 0. The van der Waals surface area contributed by atoms with Crippen LogP contribution in [0.3, 0.4) is 0 Å². The number of benzene rings is 1. The Balaban J connectivity index is 1.90. The average molecular weight is 237 g/mol. The Bertz CT molecular complexity index is 470. The molecule has 1 heterocycles. The summed E-state index contributed by atoms with van der Waals surface area (Å²) in [5.74, 6) is 0.479. The van der Waals surface area contributed by atoms with Gasteiger partial charge in [0.05, 0.1) is 0 Å². The van der Waals surface area contributed by atoms with Crippen LogP contribution in [0.15, 0.2) is 24.3 Å². The van der Waals surface area contributed by atoms with Crippen molar-refractivity contribution >= 4 is 23.1 Å². The number of rotatable bonds is 1. The molecule has 0 amide bonds. The number of fused-ring (bicyclic) bond motifs is 1. The smallest absolute Gasteiger partial charge is 0.209 e. The van der Waals surface area contributed by atoms with Crippen LogP contribution in [-0.4, -0.2) is 9.36 Å². The number of aromatic nitrogens is 2. The van der Waals surface area contributed by atoms with E-state index < -0.39 is 0 Å². The van der Waals surface area contributed by atoms with E-state index >= 15 is 0 Å². The molecule has 2 aromatic rings. The zero-order valence-corrected chi connectivity index (χ0v) is 9.55. The van der Waals surface area contributed by atoms with E-state index in [1.807, 2.05) is 0 Å². The SMILES string of the molecule is Clc1nsc(C2Cc3ccccc3C2)n1. The van der Waals surface area contributed by atoms with Crippen molar-refractivity contribution in [1.82, 2.24) is 9.36 Å². The molecule has 0 aliphatic heterocycles. The number of halogens is 1. The van der Waals surface area contributed by atoms with Crippen molar-refractivity contribution in [3.8, 4) is 0 Å². The average Bonchev–Trinajstić information content (AvgIpc) is 2.82. The lowest BCUT2D eigenvalue weighted by Crippen LogP contribution is -1.96. The minimum absolute atomic E-state index is 0.381. The van der Waals surface area contributed by atoms with Gasteiger partial charge in [-0.25, -0.2) is 4.98 Å². The Morgan fingerprint density at radius 2 is 1.87 bits per heavy atom. The first-order chi connectivity index (χ1) is 7.33. The summed E-state index contributed by atoms with van der Waals surface area (Å²) in [6.45, 7) is 0. The Morgan fingerprint density at radius 3 is 2.40 bits per heavy atom. The van der Waals surface area contributed by atoms with Crippen LogP contribution in [0.1, 0.15) is 22.1 Å². The molecule has 1 aliphatic carbocycles. The zero-order chi connectivity index (χ0) is 10.3. The van der Waals surface area contributed by atoms with Crippen LogP contribution in [0.4, 0.5) is 0 Å². The molecule has 1 aliphatic rings. The Hall–Kier alpha value is -0.930. The van der Waals surface area contributed by atoms with E-state index in [1.165, 1.54) is 22.7 Å². The molecule has 0 radical (unpaired) electrons. The van der Waals surface area contributed by atoms with E-state index in [1.54, 1.807) is 0 Å². The second-order valence-corrected chi connectivity index (χ2v) is 4.90. The van der Waals surface area contributed by atoms with Gasteiger partial charge in [0, 0.05) is 5.92 Å². The second kappa shape index (κ2) is 3.58. The number of hydrogen-bond donors (Lipinski definition) is 0. The van der Waals surface area contributed by atoms with Crippen LogP contribution in [0.25, 0.3) is 0 Å². The normalized spacial score (nSPS) is 15.5. The molecule has 3 rings (SSSR count). The van der Waals surface area contributed by atoms with Gasteiger partial charge in [0.25, 0.3) is 0 Å². The third-order valence-electron chi connectivity index (χ3n) is 2.82. The summed E-state index contributed by atoms with van der Waals surface area (Å²) in [4.78, 5) is 4.25. The summed E-state index contributed by atoms with van der Waals surface area (Å²) in [5, 5.41) is 1.45. The molecule has 0 saturated heterocycles. The first-order valence-corrected chi connectivity index (χ1v) is 6.04. The summed E-state index contributed by atoms with van der Waals surface area (Å²) in [6, 6.07) is 8.57. The predicted octanol–water partition coefficient (Wildman–Crippen LogP) is 3.07. The topological polar surface area (TPSA) is 25.8 Å². The van der Waals surface area contributed by atoms with Crippen molar-refractivity contribution in [2.24, 2.45) is 0 Å². The van der Waals surface area contributed by atoms with Gasteiger partial charge in [-0.2, -0.15) is 4.37 Å².